The molecule has 0 aliphatic carbocycles. The number of hydrogen-bond acceptors (Lipinski definition) is 5. The fraction of sp³-hybridized carbons (Fsp3) is 0.438. The highest BCUT2D eigenvalue weighted by molar-refractivity contribution is 7.89. The molecular weight excluding hydrogens is 332 g/mol. The van der Waals surface area contributed by atoms with Crippen molar-refractivity contribution in [2.24, 2.45) is 0 Å². The largest absolute Gasteiger partial charge is 0.486 e. The number of ether oxygens (including phenoxy) is 2. The van der Waals surface area contributed by atoms with Crippen LogP contribution in [-0.4, -0.2) is 32.4 Å². The lowest BCUT2D eigenvalue weighted by Gasteiger charge is -2.18. The highest BCUT2D eigenvalue weighted by atomic mass is 32.2. The maximum Gasteiger partial charge on any atom is 0.252 e. The van der Waals surface area contributed by atoms with Crippen molar-refractivity contribution >= 4 is 20.9 Å². The molecule has 130 valence electrons. The zero-order valence-corrected chi connectivity index (χ0v) is 14.2. The zero-order valence-electron chi connectivity index (χ0n) is 13.4. The standard InChI is InChI=1S/C16H20N2O5S/c1-2-3-6-24(20,21)17-10-12-7-11-8-14-15(23-5-4-22-14)9-13(11)18-16(12)19/h7-9,17H,2-6,10H2,1H3,(H,18,19). The Balaban J connectivity index is 1.86. The van der Waals surface area contributed by atoms with Gasteiger partial charge in [-0.05, 0) is 18.6 Å². The molecule has 2 N–H and O–H groups in total. The lowest BCUT2D eigenvalue weighted by molar-refractivity contribution is 0.172. The maximum absolute atomic E-state index is 12.2. The Bertz CT molecular complexity index is 905. The van der Waals surface area contributed by atoms with Crippen LogP contribution in [0.1, 0.15) is 25.3 Å². The second-order valence-electron chi connectivity index (χ2n) is 5.70. The molecule has 0 amide bonds. The highest BCUT2D eigenvalue weighted by Gasteiger charge is 2.15. The van der Waals surface area contributed by atoms with E-state index in [2.05, 4.69) is 9.71 Å². The number of benzene rings is 1. The molecule has 24 heavy (non-hydrogen) atoms. The number of aromatic nitrogens is 1. The SMILES string of the molecule is CCCCS(=O)(=O)NCc1cc2cc3c(cc2[nH]c1=O)OCCO3. The molecule has 1 aromatic carbocycles. The molecule has 1 aromatic heterocycles. The molecule has 1 aliphatic heterocycles. The van der Waals surface area contributed by atoms with E-state index in [0.717, 1.165) is 11.8 Å². The molecule has 0 saturated heterocycles. The predicted octanol–water partition coefficient (Wildman–Crippen LogP) is 1.52. The Morgan fingerprint density at radius 1 is 1.17 bits per heavy atom. The van der Waals surface area contributed by atoms with E-state index in [9.17, 15) is 13.2 Å². The minimum absolute atomic E-state index is 0.0359. The van der Waals surface area contributed by atoms with Gasteiger partial charge in [0.2, 0.25) is 10.0 Å². The first-order chi connectivity index (χ1) is 11.5. The van der Waals surface area contributed by atoms with Gasteiger partial charge in [-0.15, -0.1) is 0 Å². The Kier molecular flexibility index (Phi) is 4.77. The maximum atomic E-state index is 12.2. The predicted molar refractivity (Wildman–Crippen MR) is 91.1 cm³/mol. The fourth-order valence-electron chi connectivity index (χ4n) is 2.51. The second kappa shape index (κ2) is 6.82. The van der Waals surface area contributed by atoms with Crippen LogP contribution >= 0.6 is 0 Å². The van der Waals surface area contributed by atoms with E-state index in [1.165, 1.54) is 0 Å². The van der Waals surface area contributed by atoms with E-state index in [1.807, 2.05) is 6.92 Å². The third-order valence-electron chi connectivity index (χ3n) is 3.83. The molecule has 0 unspecified atom stereocenters. The van der Waals surface area contributed by atoms with Gasteiger partial charge in [0.1, 0.15) is 13.2 Å². The number of H-pyrrole nitrogens is 1. The van der Waals surface area contributed by atoms with Gasteiger partial charge in [-0.2, -0.15) is 0 Å². The van der Waals surface area contributed by atoms with Gasteiger partial charge in [-0.3, -0.25) is 4.79 Å². The highest BCUT2D eigenvalue weighted by Crippen LogP contribution is 2.33. The summed E-state index contributed by atoms with van der Waals surface area (Å²) in [6.07, 6.45) is 1.39. The molecule has 7 nitrogen and oxygen atoms in total. The molecule has 0 fully saturated rings. The Morgan fingerprint density at radius 3 is 2.58 bits per heavy atom. The number of unbranched alkanes of at least 4 members (excludes halogenated alkanes) is 1. The Labute approximate surface area is 140 Å². The summed E-state index contributed by atoms with van der Waals surface area (Å²) in [5, 5.41) is 0.765. The number of hydrogen-bond donors (Lipinski definition) is 2. The van der Waals surface area contributed by atoms with Gasteiger partial charge in [0.25, 0.3) is 5.56 Å². The third-order valence-corrected chi connectivity index (χ3v) is 5.24. The van der Waals surface area contributed by atoms with Crippen LogP contribution in [0.4, 0.5) is 0 Å². The van der Waals surface area contributed by atoms with Crippen LogP contribution < -0.4 is 19.8 Å². The van der Waals surface area contributed by atoms with E-state index in [1.54, 1.807) is 18.2 Å². The number of pyridine rings is 1. The van der Waals surface area contributed by atoms with Crippen molar-refractivity contribution in [3.63, 3.8) is 0 Å². The van der Waals surface area contributed by atoms with E-state index in [4.69, 9.17) is 9.47 Å². The van der Waals surface area contributed by atoms with Crippen molar-refractivity contribution in [2.45, 2.75) is 26.3 Å². The van der Waals surface area contributed by atoms with Gasteiger partial charge >= 0.3 is 0 Å². The average molecular weight is 352 g/mol. The summed E-state index contributed by atoms with van der Waals surface area (Å²) in [4.78, 5) is 14.9. The van der Waals surface area contributed by atoms with Crippen molar-refractivity contribution in [3.8, 4) is 11.5 Å². The normalized spacial score (nSPS) is 14.0. The van der Waals surface area contributed by atoms with Crippen molar-refractivity contribution in [1.82, 2.24) is 9.71 Å². The van der Waals surface area contributed by atoms with Crippen molar-refractivity contribution in [3.05, 3.63) is 34.1 Å². The molecule has 0 bridgehead atoms. The Morgan fingerprint density at radius 2 is 1.88 bits per heavy atom. The third kappa shape index (κ3) is 3.70. The molecule has 0 spiro atoms. The number of aromatic amines is 1. The summed E-state index contributed by atoms with van der Waals surface area (Å²) in [6.45, 7) is 2.84. The van der Waals surface area contributed by atoms with Gasteiger partial charge in [-0.1, -0.05) is 13.3 Å². The lowest BCUT2D eigenvalue weighted by atomic mass is 10.1. The number of nitrogens with one attached hydrogen (secondary N) is 2. The number of fused-ring (bicyclic) bond motifs is 2. The number of sulfonamides is 1. The van der Waals surface area contributed by atoms with Crippen LogP contribution in [0.15, 0.2) is 23.0 Å². The molecule has 3 rings (SSSR count). The minimum atomic E-state index is -3.37. The van der Waals surface area contributed by atoms with Crippen LogP contribution in [0.2, 0.25) is 0 Å². The van der Waals surface area contributed by atoms with Crippen molar-refractivity contribution in [1.29, 1.82) is 0 Å². The molecule has 0 saturated carbocycles. The molecule has 1 aliphatic rings. The first kappa shape index (κ1) is 16.8. The molecular formula is C16H20N2O5S. The van der Waals surface area contributed by atoms with E-state index >= 15 is 0 Å². The van der Waals surface area contributed by atoms with Crippen molar-refractivity contribution < 1.29 is 17.9 Å². The van der Waals surface area contributed by atoms with Gasteiger partial charge in [0.15, 0.2) is 11.5 Å². The zero-order chi connectivity index (χ0) is 17.2. The average Bonchev–Trinajstić information content (AvgIpc) is 2.56. The summed E-state index contributed by atoms with van der Waals surface area (Å²) in [5.74, 6) is 1.28. The summed E-state index contributed by atoms with van der Waals surface area (Å²) in [7, 11) is -3.37. The van der Waals surface area contributed by atoms with Gasteiger partial charge < -0.3 is 14.5 Å². The molecule has 8 heteroatoms. The summed E-state index contributed by atoms with van der Waals surface area (Å²) < 4.78 is 37.2. The summed E-state index contributed by atoms with van der Waals surface area (Å²) >= 11 is 0. The van der Waals surface area contributed by atoms with Gasteiger partial charge in [0.05, 0.1) is 11.3 Å². The summed E-state index contributed by atoms with van der Waals surface area (Å²) in [6, 6.07) is 5.18. The van der Waals surface area contributed by atoms with E-state index in [-0.39, 0.29) is 17.9 Å². The van der Waals surface area contributed by atoms with Crippen LogP contribution in [0, 0.1) is 0 Å². The summed E-state index contributed by atoms with van der Waals surface area (Å²) in [5.41, 5.74) is 0.665. The van der Waals surface area contributed by atoms with E-state index in [0.29, 0.717) is 42.2 Å². The van der Waals surface area contributed by atoms with Crippen LogP contribution in [0.25, 0.3) is 10.9 Å². The Hall–Kier alpha value is -2.06. The topological polar surface area (TPSA) is 97.5 Å². The molecule has 0 atom stereocenters. The van der Waals surface area contributed by atoms with E-state index < -0.39 is 10.0 Å². The molecule has 2 heterocycles. The first-order valence-electron chi connectivity index (χ1n) is 7.91. The van der Waals surface area contributed by atoms with Crippen LogP contribution in [0.3, 0.4) is 0 Å². The smallest absolute Gasteiger partial charge is 0.252 e. The fourth-order valence-corrected chi connectivity index (χ4v) is 3.70. The monoisotopic (exact) mass is 352 g/mol. The molecule has 0 radical (unpaired) electrons. The molecule has 2 aromatic rings. The second-order valence-corrected chi connectivity index (χ2v) is 7.63. The first-order valence-corrected chi connectivity index (χ1v) is 9.56. The quantitative estimate of drug-likeness (QED) is 0.821. The van der Waals surface area contributed by atoms with Crippen LogP contribution in [-0.2, 0) is 16.6 Å². The van der Waals surface area contributed by atoms with Crippen molar-refractivity contribution in [2.75, 3.05) is 19.0 Å². The number of rotatable bonds is 6. The van der Waals surface area contributed by atoms with Gasteiger partial charge in [-0.25, -0.2) is 13.1 Å². The lowest BCUT2D eigenvalue weighted by Crippen LogP contribution is -2.28. The van der Waals surface area contributed by atoms with Gasteiger partial charge in [0, 0.05) is 23.6 Å². The minimum Gasteiger partial charge on any atom is -0.486 e. The van der Waals surface area contributed by atoms with Crippen LogP contribution in [0.5, 0.6) is 11.5 Å².